The van der Waals surface area contributed by atoms with Crippen LogP contribution in [-0.4, -0.2) is 35.0 Å². The summed E-state index contributed by atoms with van der Waals surface area (Å²) in [5.74, 6) is -0.0174. The van der Waals surface area contributed by atoms with Crippen LogP contribution in [0, 0.1) is 13.8 Å². The summed E-state index contributed by atoms with van der Waals surface area (Å²) in [6.45, 7) is 6.16. The van der Waals surface area contributed by atoms with Crippen molar-refractivity contribution in [1.82, 2.24) is 9.88 Å². The van der Waals surface area contributed by atoms with Gasteiger partial charge in [0.25, 0.3) is 0 Å². The van der Waals surface area contributed by atoms with E-state index in [4.69, 9.17) is 0 Å². The second kappa shape index (κ2) is 7.23. The van der Waals surface area contributed by atoms with Crippen LogP contribution in [0.25, 0.3) is 0 Å². The number of nitrogens with zero attached hydrogens (tertiary/aromatic N) is 1. The van der Waals surface area contributed by atoms with Gasteiger partial charge in [-0.15, -0.1) is 0 Å². The molecule has 0 unspecified atom stereocenters. The monoisotopic (exact) mass is 376 g/mol. The van der Waals surface area contributed by atoms with Crippen LogP contribution < -0.4 is 0 Å². The maximum atomic E-state index is 12.5. The molecule has 0 saturated carbocycles. The first-order valence-corrected chi connectivity index (χ1v) is 8.25. The first-order chi connectivity index (χ1) is 10.8. The standard InChI is InChI=1S/C18H21BrN2O2/c1-11-17(13(3)22)12(2)20-18(11)16(23)10-21(4)9-14-5-7-15(19)8-6-14/h5-8,20H,9-10H2,1-4H3. The summed E-state index contributed by atoms with van der Waals surface area (Å²) in [6.07, 6.45) is 0. The van der Waals surface area contributed by atoms with Crippen LogP contribution in [0.1, 0.15) is 44.6 Å². The van der Waals surface area contributed by atoms with Gasteiger partial charge in [0.2, 0.25) is 0 Å². The third-order valence-electron chi connectivity index (χ3n) is 3.85. The number of likely N-dealkylation sites (N-methyl/N-ethyl adjacent to an activating group) is 1. The number of hydrogen-bond donors (Lipinski definition) is 1. The lowest BCUT2D eigenvalue weighted by molar-refractivity contribution is 0.0938. The Kier molecular flexibility index (Phi) is 5.55. The smallest absolute Gasteiger partial charge is 0.193 e. The lowest BCUT2D eigenvalue weighted by Gasteiger charge is -2.15. The van der Waals surface area contributed by atoms with Crippen molar-refractivity contribution in [2.24, 2.45) is 0 Å². The first kappa shape index (κ1) is 17.6. The highest BCUT2D eigenvalue weighted by Gasteiger charge is 2.20. The number of nitrogens with one attached hydrogen (secondary N) is 1. The molecule has 0 aliphatic carbocycles. The molecule has 122 valence electrons. The fraction of sp³-hybridized carbons (Fsp3) is 0.333. The Morgan fingerprint density at radius 2 is 1.78 bits per heavy atom. The lowest BCUT2D eigenvalue weighted by atomic mass is 10.1. The number of rotatable bonds is 6. The number of H-pyrrole nitrogens is 1. The quantitative estimate of drug-likeness (QED) is 0.777. The number of aromatic amines is 1. The lowest BCUT2D eigenvalue weighted by Crippen LogP contribution is -2.26. The van der Waals surface area contributed by atoms with Gasteiger partial charge in [0.15, 0.2) is 11.6 Å². The third-order valence-corrected chi connectivity index (χ3v) is 4.38. The van der Waals surface area contributed by atoms with Gasteiger partial charge in [0.05, 0.1) is 12.2 Å². The number of benzene rings is 1. The Labute approximate surface area is 145 Å². The van der Waals surface area contributed by atoms with Crippen molar-refractivity contribution in [3.8, 4) is 0 Å². The van der Waals surface area contributed by atoms with E-state index < -0.39 is 0 Å². The van der Waals surface area contributed by atoms with E-state index >= 15 is 0 Å². The molecule has 0 spiro atoms. The van der Waals surface area contributed by atoms with Gasteiger partial charge in [0, 0.05) is 22.3 Å². The maximum absolute atomic E-state index is 12.5. The van der Waals surface area contributed by atoms with Gasteiger partial charge in [-0.2, -0.15) is 0 Å². The highest BCUT2D eigenvalue weighted by molar-refractivity contribution is 9.10. The Balaban J connectivity index is 2.08. The molecule has 0 amide bonds. The molecule has 5 heteroatoms. The summed E-state index contributed by atoms with van der Waals surface area (Å²) in [5.41, 5.74) is 3.82. The highest BCUT2D eigenvalue weighted by Crippen LogP contribution is 2.19. The molecular formula is C18H21BrN2O2. The number of halogens is 1. The minimum atomic E-state index is -0.0153. The SMILES string of the molecule is CC(=O)c1c(C)[nH]c(C(=O)CN(C)Cc2ccc(Br)cc2)c1C. The highest BCUT2D eigenvalue weighted by atomic mass is 79.9. The molecule has 1 heterocycles. The largest absolute Gasteiger partial charge is 0.355 e. The molecule has 4 nitrogen and oxygen atoms in total. The molecule has 0 atom stereocenters. The number of ketones is 2. The van der Waals surface area contributed by atoms with Crippen LogP contribution in [0.2, 0.25) is 0 Å². The Bertz CT molecular complexity index is 732. The molecular weight excluding hydrogens is 356 g/mol. The Hall–Kier alpha value is -1.72. The van der Waals surface area contributed by atoms with E-state index in [9.17, 15) is 9.59 Å². The van der Waals surface area contributed by atoms with E-state index in [0.29, 0.717) is 24.3 Å². The molecule has 0 radical (unpaired) electrons. The van der Waals surface area contributed by atoms with Crippen molar-refractivity contribution in [2.45, 2.75) is 27.3 Å². The van der Waals surface area contributed by atoms with Crippen molar-refractivity contribution in [3.05, 3.63) is 56.8 Å². The van der Waals surface area contributed by atoms with Gasteiger partial charge in [-0.1, -0.05) is 28.1 Å². The van der Waals surface area contributed by atoms with Crippen LogP contribution in [0.5, 0.6) is 0 Å². The zero-order valence-corrected chi connectivity index (χ0v) is 15.5. The minimum Gasteiger partial charge on any atom is -0.355 e. The molecule has 1 N–H and O–H groups in total. The van der Waals surface area contributed by atoms with Crippen molar-refractivity contribution >= 4 is 27.5 Å². The summed E-state index contributed by atoms with van der Waals surface area (Å²) < 4.78 is 1.04. The van der Waals surface area contributed by atoms with E-state index in [1.807, 2.05) is 50.1 Å². The Morgan fingerprint density at radius 3 is 2.30 bits per heavy atom. The average molecular weight is 377 g/mol. The van der Waals surface area contributed by atoms with E-state index in [0.717, 1.165) is 21.3 Å². The van der Waals surface area contributed by atoms with E-state index in [-0.39, 0.29) is 11.6 Å². The summed E-state index contributed by atoms with van der Waals surface area (Å²) in [4.78, 5) is 29.2. The van der Waals surface area contributed by atoms with Crippen molar-refractivity contribution < 1.29 is 9.59 Å². The molecule has 2 aromatic rings. The summed E-state index contributed by atoms with van der Waals surface area (Å²) in [5, 5.41) is 0. The molecule has 0 aliphatic heterocycles. The van der Waals surface area contributed by atoms with E-state index in [2.05, 4.69) is 20.9 Å². The van der Waals surface area contributed by atoms with Gasteiger partial charge in [-0.25, -0.2) is 0 Å². The second-order valence-corrected chi connectivity index (χ2v) is 6.82. The summed E-state index contributed by atoms with van der Waals surface area (Å²) in [7, 11) is 1.91. The van der Waals surface area contributed by atoms with Gasteiger partial charge in [-0.3, -0.25) is 14.5 Å². The molecule has 1 aromatic carbocycles. The zero-order valence-electron chi connectivity index (χ0n) is 13.9. The Morgan fingerprint density at radius 1 is 1.17 bits per heavy atom. The number of Topliss-reactive ketones (excluding diaryl/α,β-unsaturated/α-hetero) is 2. The van der Waals surface area contributed by atoms with Crippen LogP contribution >= 0.6 is 15.9 Å². The van der Waals surface area contributed by atoms with Crippen LogP contribution in [-0.2, 0) is 6.54 Å². The molecule has 23 heavy (non-hydrogen) atoms. The number of hydrogen-bond acceptors (Lipinski definition) is 3. The molecule has 0 bridgehead atoms. The number of carbonyl (C=O) groups excluding carboxylic acids is 2. The van der Waals surface area contributed by atoms with E-state index in [1.54, 1.807) is 0 Å². The molecule has 2 rings (SSSR count). The second-order valence-electron chi connectivity index (χ2n) is 5.90. The predicted molar refractivity (Wildman–Crippen MR) is 95.1 cm³/mol. The third kappa shape index (κ3) is 4.18. The number of aryl methyl sites for hydroxylation is 1. The minimum absolute atomic E-state index is 0.00212. The van der Waals surface area contributed by atoms with Gasteiger partial charge < -0.3 is 4.98 Å². The van der Waals surface area contributed by atoms with Gasteiger partial charge in [0.1, 0.15) is 0 Å². The normalized spacial score (nSPS) is 11.0. The predicted octanol–water partition coefficient (Wildman–Crippen LogP) is 3.91. The fourth-order valence-electron chi connectivity index (χ4n) is 2.84. The maximum Gasteiger partial charge on any atom is 0.193 e. The molecule has 0 saturated heterocycles. The van der Waals surface area contributed by atoms with Gasteiger partial charge in [-0.05, 0) is 51.1 Å². The average Bonchev–Trinajstić information content (AvgIpc) is 2.76. The zero-order chi connectivity index (χ0) is 17.1. The first-order valence-electron chi connectivity index (χ1n) is 7.46. The van der Waals surface area contributed by atoms with Gasteiger partial charge >= 0.3 is 0 Å². The van der Waals surface area contributed by atoms with Crippen LogP contribution in [0.15, 0.2) is 28.7 Å². The van der Waals surface area contributed by atoms with Crippen molar-refractivity contribution in [3.63, 3.8) is 0 Å². The molecule has 0 fully saturated rings. The van der Waals surface area contributed by atoms with Crippen LogP contribution in [0.3, 0.4) is 0 Å². The molecule has 0 aliphatic rings. The van der Waals surface area contributed by atoms with Crippen molar-refractivity contribution in [2.75, 3.05) is 13.6 Å². The number of aromatic nitrogens is 1. The summed E-state index contributed by atoms with van der Waals surface area (Å²) in [6, 6.07) is 8.04. The molecule has 1 aromatic heterocycles. The van der Waals surface area contributed by atoms with Crippen LogP contribution in [0.4, 0.5) is 0 Å². The topological polar surface area (TPSA) is 53.2 Å². The van der Waals surface area contributed by atoms with E-state index in [1.165, 1.54) is 6.92 Å². The number of carbonyl (C=O) groups is 2. The fourth-order valence-corrected chi connectivity index (χ4v) is 3.10. The van der Waals surface area contributed by atoms with Crippen molar-refractivity contribution in [1.29, 1.82) is 0 Å². The summed E-state index contributed by atoms with van der Waals surface area (Å²) >= 11 is 3.41.